The second-order valence-corrected chi connectivity index (χ2v) is 5.87. The Labute approximate surface area is 133 Å². The van der Waals surface area contributed by atoms with Gasteiger partial charge in [-0.15, -0.1) is 0 Å². The molecule has 1 unspecified atom stereocenters. The van der Waals surface area contributed by atoms with Crippen molar-refractivity contribution in [2.45, 2.75) is 12.6 Å². The molecule has 0 aliphatic carbocycles. The third kappa shape index (κ3) is 3.74. The Morgan fingerprint density at radius 1 is 1.33 bits per heavy atom. The molecule has 2 rings (SSSR count). The summed E-state index contributed by atoms with van der Waals surface area (Å²) in [6, 6.07) is 3.90. The highest BCUT2D eigenvalue weighted by atomic mass is 35.5. The van der Waals surface area contributed by atoms with Crippen LogP contribution in [0.2, 0.25) is 10.0 Å². The van der Waals surface area contributed by atoms with Crippen LogP contribution in [0.25, 0.3) is 0 Å². The van der Waals surface area contributed by atoms with Crippen molar-refractivity contribution in [1.82, 2.24) is 14.7 Å². The third-order valence-corrected chi connectivity index (χ3v) is 3.77. The molecule has 0 radical (unpaired) electrons. The largest absolute Gasteiger partial charge is 0.319 e. The number of nitrogens with two attached hydrogens (primary N) is 1. The lowest BCUT2D eigenvalue weighted by Gasteiger charge is -2.17. The van der Waals surface area contributed by atoms with Crippen LogP contribution in [0.4, 0.5) is 4.39 Å². The fraction of sp³-hybridized carbons (Fsp3) is 0.357. The van der Waals surface area contributed by atoms with Gasteiger partial charge in [0.2, 0.25) is 0 Å². The van der Waals surface area contributed by atoms with Crippen molar-refractivity contribution < 1.29 is 4.39 Å². The quantitative estimate of drug-likeness (QED) is 0.916. The summed E-state index contributed by atoms with van der Waals surface area (Å²) in [5.41, 5.74) is 7.63. The maximum atomic E-state index is 13.3. The number of halogens is 3. The highest BCUT2D eigenvalue weighted by molar-refractivity contribution is 6.31. The van der Waals surface area contributed by atoms with Gasteiger partial charge in [-0.3, -0.25) is 4.68 Å². The van der Waals surface area contributed by atoms with Gasteiger partial charge in [0, 0.05) is 6.54 Å². The first-order valence-corrected chi connectivity index (χ1v) is 7.22. The van der Waals surface area contributed by atoms with Crippen LogP contribution >= 0.6 is 23.2 Å². The molecule has 0 spiro atoms. The second-order valence-electron chi connectivity index (χ2n) is 5.06. The lowest BCUT2D eigenvalue weighted by atomic mass is 10.0. The fourth-order valence-corrected chi connectivity index (χ4v) is 2.47. The van der Waals surface area contributed by atoms with E-state index >= 15 is 0 Å². The Bertz CT molecular complexity index is 627. The molecule has 2 aromatic rings. The lowest BCUT2D eigenvalue weighted by molar-refractivity contribution is 0.368. The molecule has 0 saturated carbocycles. The van der Waals surface area contributed by atoms with E-state index in [0.29, 0.717) is 22.8 Å². The van der Waals surface area contributed by atoms with E-state index in [-0.39, 0.29) is 5.02 Å². The Morgan fingerprint density at radius 2 is 2.05 bits per heavy atom. The van der Waals surface area contributed by atoms with E-state index in [0.717, 1.165) is 6.54 Å². The Balaban J connectivity index is 2.31. The molecule has 0 fully saturated rings. The van der Waals surface area contributed by atoms with Gasteiger partial charge < -0.3 is 10.6 Å². The topological polar surface area (TPSA) is 47.1 Å². The van der Waals surface area contributed by atoms with E-state index in [2.05, 4.69) is 5.10 Å². The van der Waals surface area contributed by atoms with Crippen molar-refractivity contribution in [2.75, 3.05) is 20.6 Å². The minimum Gasteiger partial charge on any atom is -0.319 e. The van der Waals surface area contributed by atoms with Crippen molar-refractivity contribution in [1.29, 1.82) is 0 Å². The predicted molar refractivity (Wildman–Crippen MR) is 83.2 cm³/mol. The van der Waals surface area contributed by atoms with Gasteiger partial charge in [0.25, 0.3) is 0 Å². The first-order valence-electron chi connectivity index (χ1n) is 6.46. The van der Waals surface area contributed by atoms with Crippen molar-refractivity contribution in [3.8, 4) is 0 Å². The van der Waals surface area contributed by atoms with Crippen LogP contribution in [0.3, 0.4) is 0 Å². The maximum Gasteiger partial charge on any atom is 0.141 e. The molecular weight excluding hydrogens is 314 g/mol. The Kier molecular flexibility index (Phi) is 5.22. The van der Waals surface area contributed by atoms with E-state index in [1.54, 1.807) is 16.9 Å². The highest BCUT2D eigenvalue weighted by Gasteiger charge is 2.19. The van der Waals surface area contributed by atoms with E-state index in [1.165, 1.54) is 12.1 Å². The molecule has 1 aromatic heterocycles. The molecular formula is C14H17Cl2FN4. The summed E-state index contributed by atoms with van der Waals surface area (Å²) < 4.78 is 15.0. The van der Waals surface area contributed by atoms with Gasteiger partial charge in [-0.1, -0.05) is 29.3 Å². The van der Waals surface area contributed by atoms with Crippen LogP contribution in [0.5, 0.6) is 0 Å². The highest BCUT2D eigenvalue weighted by Crippen LogP contribution is 2.28. The number of hydrogen-bond donors (Lipinski definition) is 1. The monoisotopic (exact) mass is 330 g/mol. The molecule has 2 N–H and O–H groups in total. The fourth-order valence-electron chi connectivity index (χ4n) is 2.02. The van der Waals surface area contributed by atoms with Gasteiger partial charge in [-0.2, -0.15) is 5.10 Å². The van der Waals surface area contributed by atoms with Crippen molar-refractivity contribution in [2.24, 2.45) is 5.73 Å². The minimum absolute atomic E-state index is 0.0402. The molecule has 1 heterocycles. The van der Waals surface area contributed by atoms with Gasteiger partial charge in [-0.05, 0) is 31.8 Å². The SMILES string of the molecule is CN(C)CCn1ncc(Cl)c1C(N)c1ccc(F)c(Cl)c1. The summed E-state index contributed by atoms with van der Waals surface area (Å²) in [7, 11) is 3.95. The Morgan fingerprint density at radius 3 is 2.67 bits per heavy atom. The maximum absolute atomic E-state index is 13.3. The zero-order valence-corrected chi connectivity index (χ0v) is 13.4. The molecule has 0 aliphatic heterocycles. The zero-order valence-electron chi connectivity index (χ0n) is 11.9. The summed E-state index contributed by atoms with van der Waals surface area (Å²) in [6.07, 6.45) is 1.57. The summed E-state index contributed by atoms with van der Waals surface area (Å²) >= 11 is 12.0. The molecule has 0 saturated heterocycles. The molecule has 1 atom stereocenters. The van der Waals surface area contributed by atoms with Gasteiger partial charge in [0.05, 0.1) is 34.5 Å². The number of hydrogen-bond acceptors (Lipinski definition) is 3. The average Bonchev–Trinajstić information content (AvgIpc) is 2.80. The van der Waals surface area contributed by atoms with Crippen molar-refractivity contribution >= 4 is 23.2 Å². The molecule has 0 aliphatic rings. The summed E-state index contributed by atoms with van der Waals surface area (Å²) in [6.45, 7) is 1.47. The predicted octanol–water partition coefficient (Wildman–Crippen LogP) is 2.94. The normalized spacial score (nSPS) is 12.9. The summed E-state index contributed by atoms with van der Waals surface area (Å²) in [4.78, 5) is 2.04. The van der Waals surface area contributed by atoms with Crippen LogP contribution in [0, 0.1) is 5.82 Å². The molecule has 21 heavy (non-hydrogen) atoms. The average molecular weight is 331 g/mol. The van der Waals surface area contributed by atoms with Crippen molar-refractivity contribution in [3.63, 3.8) is 0 Å². The molecule has 0 amide bonds. The zero-order chi connectivity index (χ0) is 15.6. The van der Waals surface area contributed by atoms with Crippen LogP contribution in [-0.2, 0) is 6.54 Å². The molecule has 0 bridgehead atoms. The smallest absolute Gasteiger partial charge is 0.141 e. The standard InChI is InChI=1S/C14H17Cl2FN4/c1-20(2)5-6-21-14(11(16)8-19-21)13(18)9-3-4-12(17)10(15)7-9/h3-4,7-8,13H,5-6,18H2,1-2H3. The van der Waals surface area contributed by atoms with Gasteiger partial charge in [-0.25, -0.2) is 4.39 Å². The summed E-state index contributed by atoms with van der Waals surface area (Å²) in [5, 5.41) is 4.77. The van der Waals surface area contributed by atoms with Crippen LogP contribution in [0.15, 0.2) is 24.4 Å². The lowest BCUT2D eigenvalue weighted by Crippen LogP contribution is -2.23. The number of rotatable bonds is 5. The van der Waals surface area contributed by atoms with Gasteiger partial charge in [0.15, 0.2) is 0 Å². The van der Waals surface area contributed by atoms with E-state index in [4.69, 9.17) is 28.9 Å². The number of benzene rings is 1. The number of aromatic nitrogens is 2. The molecule has 1 aromatic carbocycles. The van der Waals surface area contributed by atoms with E-state index in [1.807, 2.05) is 19.0 Å². The number of nitrogens with zero attached hydrogens (tertiary/aromatic N) is 3. The van der Waals surface area contributed by atoms with Gasteiger partial charge in [0.1, 0.15) is 5.82 Å². The van der Waals surface area contributed by atoms with Crippen molar-refractivity contribution in [3.05, 3.63) is 51.5 Å². The molecule has 7 heteroatoms. The molecule has 4 nitrogen and oxygen atoms in total. The summed E-state index contributed by atoms with van der Waals surface area (Å²) in [5.74, 6) is -0.472. The Hall–Kier alpha value is -1.14. The van der Waals surface area contributed by atoms with Crippen LogP contribution < -0.4 is 5.73 Å². The minimum atomic E-state index is -0.514. The van der Waals surface area contributed by atoms with Crippen LogP contribution in [-0.4, -0.2) is 35.3 Å². The first-order chi connectivity index (χ1) is 9.90. The van der Waals surface area contributed by atoms with Crippen LogP contribution in [0.1, 0.15) is 17.3 Å². The molecule has 114 valence electrons. The van der Waals surface area contributed by atoms with Gasteiger partial charge >= 0.3 is 0 Å². The number of likely N-dealkylation sites (N-methyl/N-ethyl adjacent to an activating group) is 1. The third-order valence-electron chi connectivity index (χ3n) is 3.19. The second kappa shape index (κ2) is 6.75. The first kappa shape index (κ1) is 16.2. The van der Waals surface area contributed by atoms with E-state index < -0.39 is 11.9 Å². The van der Waals surface area contributed by atoms with E-state index in [9.17, 15) is 4.39 Å².